The standard InChI is InChI=1S/C19H22N2O2/c1-11-2-3-16-15(4-11)17(22)21(18(23)20-16)19-8-12-5-13(9-19)7-14(6-12)10-19/h2-4,12-14H,5-10H2,1H3,(H,20,23). The predicted molar refractivity (Wildman–Crippen MR) is 89.7 cm³/mol. The Labute approximate surface area is 134 Å². The van der Waals surface area contributed by atoms with E-state index < -0.39 is 0 Å². The van der Waals surface area contributed by atoms with E-state index >= 15 is 0 Å². The fraction of sp³-hybridized carbons (Fsp3) is 0.579. The molecule has 4 aliphatic carbocycles. The van der Waals surface area contributed by atoms with Gasteiger partial charge in [0.05, 0.1) is 16.4 Å². The van der Waals surface area contributed by atoms with Crippen LogP contribution in [-0.4, -0.2) is 9.55 Å². The summed E-state index contributed by atoms with van der Waals surface area (Å²) in [7, 11) is 0. The van der Waals surface area contributed by atoms with E-state index in [0.29, 0.717) is 28.7 Å². The van der Waals surface area contributed by atoms with Crippen LogP contribution in [0, 0.1) is 24.7 Å². The summed E-state index contributed by atoms with van der Waals surface area (Å²) in [5.74, 6) is 2.13. The number of benzene rings is 1. The first-order valence-electron chi connectivity index (χ1n) is 8.80. The van der Waals surface area contributed by atoms with Gasteiger partial charge in [-0.05, 0) is 75.3 Å². The Morgan fingerprint density at radius 3 is 2.26 bits per heavy atom. The molecule has 1 heterocycles. The first-order chi connectivity index (χ1) is 11.0. The summed E-state index contributed by atoms with van der Waals surface area (Å²) in [6.07, 6.45) is 6.95. The zero-order chi connectivity index (χ0) is 15.8. The van der Waals surface area contributed by atoms with Crippen LogP contribution in [0.25, 0.3) is 10.9 Å². The molecule has 1 aromatic heterocycles. The van der Waals surface area contributed by atoms with Crippen molar-refractivity contribution in [1.29, 1.82) is 0 Å². The molecule has 4 bridgehead atoms. The van der Waals surface area contributed by atoms with E-state index in [1.54, 1.807) is 4.57 Å². The van der Waals surface area contributed by atoms with Crippen molar-refractivity contribution in [1.82, 2.24) is 9.55 Å². The number of hydrogen-bond donors (Lipinski definition) is 1. The van der Waals surface area contributed by atoms with Crippen molar-refractivity contribution in [2.45, 2.75) is 51.0 Å². The van der Waals surface area contributed by atoms with Gasteiger partial charge in [0, 0.05) is 0 Å². The van der Waals surface area contributed by atoms with E-state index in [9.17, 15) is 9.59 Å². The zero-order valence-electron chi connectivity index (χ0n) is 13.5. The number of aromatic amines is 1. The number of nitrogens with zero attached hydrogens (tertiary/aromatic N) is 1. The van der Waals surface area contributed by atoms with Gasteiger partial charge < -0.3 is 4.98 Å². The molecule has 4 fully saturated rings. The Balaban J connectivity index is 1.77. The molecular weight excluding hydrogens is 288 g/mol. The molecule has 120 valence electrons. The summed E-state index contributed by atoms with van der Waals surface area (Å²) in [4.78, 5) is 28.9. The van der Waals surface area contributed by atoms with E-state index in [2.05, 4.69) is 4.98 Å². The van der Waals surface area contributed by atoms with Crippen LogP contribution < -0.4 is 11.2 Å². The quantitative estimate of drug-likeness (QED) is 0.880. The van der Waals surface area contributed by atoms with Gasteiger partial charge in [0.1, 0.15) is 0 Å². The molecule has 4 saturated carbocycles. The fourth-order valence-electron chi connectivity index (χ4n) is 6.10. The number of aryl methyl sites for hydroxylation is 1. The minimum Gasteiger partial charge on any atom is -0.307 e. The lowest BCUT2D eigenvalue weighted by Crippen LogP contribution is -2.58. The largest absolute Gasteiger partial charge is 0.329 e. The molecule has 4 nitrogen and oxygen atoms in total. The first kappa shape index (κ1) is 13.6. The first-order valence-corrected chi connectivity index (χ1v) is 8.80. The van der Waals surface area contributed by atoms with E-state index in [1.807, 2.05) is 25.1 Å². The molecule has 4 heteroatoms. The Kier molecular flexibility index (Phi) is 2.58. The Morgan fingerprint density at radius 2 is 1.65 bits per heavy atom. The van der Waals surface area contributed by atoms with Crippen molar-refractivity contribution >= 4 is 10.9 Å². The summed E-state index contributed by atoms with van der Waals surface area (Å²) in [5.41, 5.74) is 1.19. The highest BCUT2D eigenvalue weighted by Crippen LogP contribution is 2.58. The van der Waals surface area contributed by atoms with Crippen LogP contribution in [0.4, 0.5) is 0 Å². The number of H-pyrrole nitrogens is 1. The third-order valence-electron chi connectivity index (χ3n) is 6.53. The molecule has 4 aliphatic rings. The lowest BCUT2D eigenvalue weighted by molar-refractivity contribution is -0.0467. The summed E-state index contributed by atoms with van der Waals surface area (Å²) in [6, 6.07) is 5.69. The van der Waals surface area contributed by atoms with Gasteiger partial charge in [0.25, 0.3) is 5.56 Å². The van der Waals surface area contributed by atoms with Gasteiger partial charge in [-0.2, -0.15) is 0 Å². The normalized spacial score (nSPS) is 35.1. The van der Waals surface area contributed by atoms with Gasteiger partial charge in [-0.25, -0.2) is 4.79 Å². The molecule has 0 atom stereocenters. The molecule has 2 aromatic rings. The predicted octanol–water partition coefficient (Wildman–Crippen LogP) is 2.92. The Hall–Kier alpha value is -1.84. The van der Waals surface area contributed by atoms with E-state index in [1.165, 1.54) is 19.3 Å². The molecule has 0 unspecified atom stereocenters. The van der Waals surface area contributed by atoms with Crippen LogP contribution in [0.3, 0.4) is 0 Å². The van der Waals surface area contributed by atoms with Gasteiger partial charge in [0.15, 0.2) is 0 Å². The van der Waals surface area contributed by atoms with Gasteiger partial charge in [-0.3, -0.25) is 9.36 Å². The monoisotopic (exact) mass is 310 g/mol. The highest BCUT2D eigenvalue weighted by molar-refractivity contribution is 5.78. The maximum atomic E-state index is 13.2. The van der Waals surface area contributed by atoms with Crippen LogP contribution in [0.2, 0.25) is 0 Å². The van der Waals surface area contributed by atoms with Crippen LogP contribution in [0.1, 0.15) is 44.1 Å². The fourth-order valence-corrected chi connectivity index (χ4v) is 6.10. The second-order valence-corrected chi connectivity index (χ2v) is 8.26. The number of rotatable bonds is 1. The molecule has 6 rings (SSSR count). The van der Waals surface area contributed by atoms with Crippen molar-refractivity contribution in [3.63, 3.8) is 0 Å². The number of hydrogen-bond acceptors (Lipinski definition) is 2. The minimum absolute atomic E-state index is 0.0885. The third kappa shape index (κ3) is 1.84. The molecule has 0 radical (unpaired) electrons. The maximum Gasteiger partial charge on any atom is 0.329 e. The van der Waals surface area contributed by atoms with Crippen LogP contribution in [-0.2, 0) is 5.54 Å². The van der Waals surface area contributed by atoms with Crippen LogP contribution >= 0.6 is 0 Å². The third-order valence-corrected chi connectivity index (χ3v) is 6.53. The van der Waals surface area contributed by atoms with Crippen LogP contribution in [0.5, 0.6) is 0 Å². The number of fused-ring (bicyclic) bond motifs is 1. The molecule has 0 spiro atoms. The summed E-state index contributed by atoms with van der Waals surface area (Å²) >= 11 is 0. The maximum absolute atomic E-state index is 13.2. The second kappa shape index (κ2) is 4.37. The van der Waals surface area contributed by atoms with Crippen molar-refractivity contribution in [2.75, 3.05) is 0 Å². The topological polar surface area (TPSA) is 54.9 Å². The van der Waals surface area contributed by atoms with Gasteiger partial charge in [0.2, 0.25) is 0 Å². The number of nitrogens with one attached hydrogen (secondary N) is 1. The highest BCUT2D eigenvalue weighted by atomic mass is 16.2. The lowest BCUT2D eigenvalue weighted by atomic mass is 9.53. The molecule has 1 aromatic carbocycles. The van der Waals surface area contributed by atoms with Gasteiger partial charge in [-0.15, -0.1) is 0 Å². The zero-order valence-corrected chi connectivity index (χ0v) is 13.5. The van der Waals surface area contributed by atoms with Gasteiger partial charge >= 0.3 is 5.69 Å². The van der Waals surface area contributed by atoms with Crippen molar-refractivity contribution in [2.24, 2.45) is 17.8 Å². The summed E-state index contributed by atoms with van der Waals surface area (Å²) < 4.78 is 1.61. The molecule has 0 amide bonds. The van der Waals surface area contributed by atoms with Crippen molar-refractivity contribution < 1.29 is 0 Å². The smallest absolute Gasteiger partial charge is 0.307 e. The molecular formula is C19H22N2O2. The molecule has 1 N–H and O–H groups in total. The molecule has 23 heavy (non-hydrogen) atoms. The average molecular weight is 310 g/mol. The van der Waals surface area contributed by atoms with Gasteiger partial charge in [-0.1, -0.05) is 11.6 Å². The SMILES string of the molecule is Cc1ccc2[nH]c(=O)n(C34CC5CC(CC(C5)C3)C4)c(=O)c2c1. The lowest BCUT2D eigenvalue weighted by Gasteiger charge is -2.56. The minimum atomic E-state index is -0.225. The summed E-state index contributed by atoms with van der Waals surface area (Å²) in [5, 5.41) is 0.653. The van der Waals surface area contributed by atoms with E-state index in [4.69, 9.17) is 0 Å². The van der Waals surface area contributed by atoms with Crippen molar-refractivity contribution in [3.05, 3.63) is 44.6 Å². The Bertz CT molecular complexity index is 886. The van der Waals surface area contributed by atoms with Crippen molar-refractivity contribution in [3.8, 4) is 0 Å². The molecule has 0 saturated heterocycles. The summed E-state index contributed by atoms with van der Waals surface area (Å²) in [6.45, 7) is 1.99. The Morgan fingerprint density at radius 1 is 1.04 bits per heavy atom. The number of aromatic nitrogens is 2. The second-order valence-electron chi connectivity index (χ2n) is 8.26. The molecule has 0 aliphatic heterocycles. The highest BCUT2D eigenvalue weighted by Gasteiger charge is 2.53. The van der Waals surface area contributed by atoms with E-state index in [-0.39, 0.29) is 16.8 Å². The van der Waals surface area contributed by atoms with Crippen LogP contribution in [0.15, 0.2) is 27.8 Å². The van der Waals surface area contributed by atoms with E-state index in [0.717, 1.165) is 24.8 Å². The average Bonchev–Trinajstić information content (AvgIpc) is 2.46.